The lowest BCUT2D eigenvalue weighted by Gasteiger charge is -2.13. The maximum Gasteiger partial charge on any atom is 0.271 e. The predicted octanol–water partition coefficient (Wildman–Crippen LogP) is 3.14. The van der Waals surface area contributed by atoms with Crippen molar-refractivity contribution in [3.63, 3.8) is 0 Å². The molecule has 0 fully saturated rings. The minimum Gasteiger partial charge on any atom is -0.348 e. The van der Waals surface area contributed by atoms with Gasteiger partial charge in [0, 0.05) is 11.1 Å². The van der Waals surface area contributed by atoms with Crippen LogP contribution < -0.4 is 5.32 Å². The molecule has 1 aromatic heterocycles. The van der Waals surface area contributed by atoms with Gasteiger partial charge in [0.15, 0.2) is 0 Å². The molecule has 1 atom stereocenters. The average molecular weight is 310 g/mol. The molecule has 0 saturated carbocycles. The van der Waals surface area contributed by atoms with E-state index in [2.05, 4.69) is 15.3 Å². The zero-order valence-corrected chi connectivity index (χ0v) is 12.3. The van der Waals surface area contributed by atoms with Crippen LogP contribution >= 0.6 is 23.2 Å². The highest BCUT2D eigenvalue weighted by molar-refractivity contribution is 6.30. The molecule has 6 heteroatoms. The van der Waals surface area contributed by atoms with Crippen molar-refractivity contribution in [2.45, 2.75) is 19.4 Å². The Bertz CT molecular complexity index is 619. The van der Waals surface area contributed by atoms with Crippen molar-refractivity contribution in [2.24, 2.45) is 0 Å². The molecule has 1 aromatic carbocycles. The third-order valence-electron chi connectivity index (χ3n) is 2.65. The van der Waals surface area contributed by atoms with Crippen molar-refractivity contribution in [1.82, 2.24) is 15.3 Å². The first-order chi connectivity index (χ1) is 9.54. The number of nitrogens with zero attached hydrogens (tertiary/aromatic N) is 2. The fraction of sp³-hybridized carbons (Fsp3) is 0.214. The average Bonchev–Trinajstić information content (AvgIpc) is 2.38. The number of carbonyl (C=O) groups excluding carboxylic acids is 1. The maximum atomic E-state index is 12.0. The van der Waals surface area contributed by atoms with Crippen LogP contribution in [0.25, 0.3) is 0 Å². The lowest BCUT2D eigenvalue weighted by Crippen LogP contribution is -2.34. The maximum absolute atomic E-state index is 12.0. The lowest BCUT2D eigenvalue weighted by atomic mass is 10.1. The Morgan fingerprint density at radius 1 is 1.35 bits per heavy atom. The summed E-state index contributed by atoms with van der Waals surface area (Å²) in [7, 11) is 0. The van der Waals surface area contributed by atoms with Crippen molar-refractivity contribution in [3.05, 3.63) is 58.1 Å². The van der Waals surface area contributed by atoms with Crippen LogP contribution in [0.3, 0.4) is 0 Å². The third-order valence-corrected chi connectivity index (χ3v) is 3.06. The molecule has 0 aliphatic heterocycles. The number of nitrogens with one attached hydrogen (secondary N) is 1. The van der Waals surface area contributed by atoms with Crippen LogP contribution in [0.5, 0.6) is 0 Å². The normalized spacial score (nSPS) is 11.9. The van der Waals surface area contributed by atoms with Crippen LogP contribution in [-0.4, -0.2) is 21.9 Å². The van der Waals surface area contributed by atoms with Gasteiger partial charge in [-0.2, -0.15) is 0 Å². The fourth-order valence-corrected chi connectivity index (χ4v) is 2.18. The molecule has 0 aliphatic rings. The number of rotatable bonds is 4. The minimum absolute atomic E-state index is 0.0539. The van der Waals surface area contributed by atoms with Crippen molar-refractivity contribution in [1.29, 1.82) is 0 Å². The standard InChI is InChI=1S/C14H13Cl2N3O/c1-9(5-10-3-2-4-11(15)6-10)18-14(20)12-7-17-8-13(16)19-12/h2-4,6-9H,5H2,1H3,(H,18,20). The predicted molar refractivity (Wildman–Crippen MR) is 79.1 cm³/mol. The molecule has 1 heterocycles. The molecule has 0 bridgehead atoms. The number of hydrogen-bond donors (Lipinski definition) is 1. The molecule has 0 spiro atoms. The van der Waals surface area contributed by atoms with Gasteiger partial charge in [-0.3, -0.25) is 9.78 Å². The third kappa shape index (κ3) is 4.18. The van der Waals surface area contributed by atoms with Gasteiger partial charge in [-0.25, -0.2) is 4.98 Å². The first-order valence-corrected chi connectivity index (χ1v) is 6.83. The van der Waals surface area contributed by atoms with Crippen molar-refractivity contribution >= 4 is 29.1 Å². The van der Waals surface area contributed by atoms with Gasteiger partial charge < -0.3 is 5.32 Å². The van der Waals surface area contributed by atoms with Gasteiger partial charge in [0.25, 0.3) is 5.91 Å². The Morgan fingerprint density at radius 3 is 2.85 bits per heavy atom. The van der Waals surface area contributed by atoms with Crippen LogP contribution in [0.2, 0.25) is 10.2 Å². The molecular formula is C14H13Cl2N3O. The summed E-state index contributed by atoms with van der Waals surface area (Å²) in [5.41, 5.74) is 1.26. The van der Waals surface area contributed by atoms with Crippen LogP contribution in [0, 0.1) is 0 Å². The Hall–Kier alpha value is -1.65. The highest BCUT2D eigenvalue weighted by Crippen LogP contribution is 2.12. The van der Waals surface area contributed by atoms with E-state index in [9.17, 15) is 4.79 Å². The highest BCUT2D eigenvalue weighted by atomic mass is 35.5. The minimum atomic E-state index is -0.297. The molecule has 104 valence electrons. The Morgan fingerprint density at radius 2 is 2.15 bits per heavy atom. The summed E-state index contributed by atoms with van der Waals surface area (Å²) in [6.07, 6.45) is 3.45. The number of carbonyl (C=O) groups is 1. The summed E-state index contributed by atoms with van der Waals surface area (Å²) in [6, 6.07) is 7.49. The summed E-state index contributed by atoms with van der Waals surface area (Å²) in [6.45, 7) is 1.91. The second-order valence-corrected chi connectivity index (χ2v) is 5.26. The van der Waals surface area contributed by atoms with Gasteiger partial charge in [-0.15, -0.1) is 0 Å². The van der Waals surface area contributed by atoms with Gasteiger partial charge in [0.05, 0.1) is 12.4 Å². The number of amides is 1. The summed E-state index contributed by atoms with van der Waals surface area (Å²) in [4.78, 5) is 19.7. The molecule has 4 nitrogen and oxygen atoms in total. The van der Waals surface area contributed by atoms with Crippen molar-refractivity contribution in [2.75, 3.05) is 0 Å². The monoisotopic (exact) mass is 309 g/mol. The number of aromatic nitrogens is 2. The number of hydrogen-bond acceptors (Lipinski definition) is 3. The topological polar surface area (TPSA) is 54.9 Å². The van der Waals surface area contributed by atoms with Gasteiger partial charge in [0.2, 0.25) is 0 Å². The van der Waals surface area contributed by atoms with Gasteiger partial charge in [0.1, 0.15) is 10.8 Å². The molecule has 1 unspecified atom stereocenters. The van der Waals surface area contributed by atoms with E-state index >= 15 is 0 Å². The van der Waals surface area contributed by atoms with E-state index in [1.165, 1.54) is 12.4 Å². The van der Waals surface area contributed by atoms with E-state index in [1.54, 1.807) is 0 Å². The molecular weight excluding hydrogens is 297 g/mol. The first kappa shape index (κ1) is 14.8. The largest absolute Gasteiger partial charge is 0.348 e. The van der Waals surface area contributed by atoms with Crippen LogP contribution in [-0.2, 0) is 6.42 Å². The van der Waals surface area contributed by atoms with Crippen LogP contribution in [0.1, 0.15) is 23.0 Å². The van der Waals surface area contributed by atoms with E-state index < -0.39 is 0 Å². The molecule has 2 aromatic rings. The van der Waals surface area contributed by atoms with Gasteiger partial charge in [-0.1, -0.05) is 35.3 Å². The number of halogens is 2. The zero-order chi connectivity index (χ0) is 14.5. The molecule has 2 rings (SSSR count). The number of benzene rings is 1. The molecule has 1 N–H and O–H groups in total. The van der Waals surface area contributed by atoms with Gasteiger partial charge >= 0.3 is 0 Å². The summed E-state index contributed by atoms with van der Waals surface area (Å²) in [5.74, 6) is -0.297. The van der Waals surface area contributed by atoms with Gasteiger partial charge in [-0.05, 0) is 31.0 Å². The van der Waals surface area contributed by atoms with E-state index in [0.29, 0.717) is 11.4 Å². The molecule has 0 aliphatic carbocycles. The first-order valence-electron chi connectivity index (χ1n) is 6.07. The second-order valence-electron chi connectivity index (χ2n) is 4.44. The van der Waals surface area contributed by atoms with E-state index in [4.69, 9.17) is 23.2 Å². The van der Waals surface area contributed by atoms with Crippen LogP contribution in [0.4, 0.5) is 0 Å². The summed E-state index contributed by atoms with van der Waals surface area (Å²) < 4.78 is 0. The summed E-state index contributed by atoms with van der Waals surface area (Å²) in [5, 5.41) is 3.72. The van der Waals surface area contributed by atoms with Crippen molar-refractivity contribution in [3.8, 4) is 0 Å². The molecule has 20 heavy (non-hydrogen) atoms. The Kier molecular flexibility index (Phi) is 4.93. The molecule has 1 amide bonds. The Balaban J connectivity index is 1.97. The quantitative estimate of drug-likeness (QED) is 0.944. The second kappa shape index (κ2) is 6.68. The molecule has 0 radical (unpaired) electrons. The SMILES string of the molecule is CC(Cc1cccc(Cl)c1)NC(=O)c1cncc(Cl)n1. The van der Waals surface area contributed by atoms with Crippen molar-refractivity contribution < 1.29 is 4.79 Å². The van der Waals surface area contributed by atoms with Crippen LogP contribution in [0.15, 0.2) is 36.7 Å². The highest BCUT2D eigenvalue weighted by Gasteiger charge is 2.12. The van der Waals surface area contributed by atoms with E-state index in [0.717, 1.165) is 5.56 Å². The fourth-order valence-electron chi connectivity index (χ4n) is 1.82. The lowest BCUT2D eigenvalue weighted by molar-refractivity contribution is 0.0934. The smallest absolute Gasteiger partial charge is 0.271 e. The Labute approximate surface area is 127 Å². The molecule has 0 saturated heterocycles. The van der Waals surface area contributed by atoms with E-state index in [-0.39, 0.29) is 22.8 Å². The zero-order valence-electron chi connectivity index (χ0n) is 10.8. The summed E-state index contributed by atoms with van der Waals surface area (Å²) >= 11 is 11.6. The van der Waals surface area contributed by atoms with E-state index in [1.807, 2.05) is 31.2 Å².